The van der Waals surface area contributed by atoms with Gasteiger partial charge in [0.1, 0.15) is 0 Å². The highest BCUT2D eigenvalue weighted by atomic mass is 16.6. The highest BCUT2D eigenvalue weighted by Gasteiger charge is 1.98. The zero-order chi connectivity index (χ0) is 10.7. The molecule has 0 aliphatic carbocycles. The molecule has 0 bridgehead atoms. The van der Waals surface area contributed by atoms with E-state index in [2.05, 4.69) is 11.7 Å². The summed E-state index contributed by atoms with van der Waals surface area (Å²) in [5.74, 6) is 8.00. The van der Waals surface area contributed by atoms with E-state index in [1.54, 1.807) is 18.2 Å². The third kappa shape index (κ3) is 6.92. The molecule has 0 aliphatic rings. The van der Waals surface area contributed by atoms with Gasteiger partial charge in [0.15, 0.2) is 0 Å². The average molecular weight is 185 g/mol. The normalized spacial score (nSPS) is 7.08. The fraction of sp³-hybridized carbons (Fsp3) is 0.250. The first-order valence-electron chi connectivity index (χ1n) is 3.83. The number of para-hydroxylation sites is 1. The van der Waals surface area contributed by atoms with Gasteiger partial charge in [-0.1, -0.05) is 32.0 Å². The van der Waals surface area contributed by atoms with Gasteiger partial charge >= 0.3 is 0 Å². The maximum Gasteiger partial charge on any atom is 0.269 e. The molecule has 13 heavy (non-hydrogen) atoms. The van der Waals surface area contributed by atoms with Crippen LogP contribution >= 0.6 is 0 Å². The number of nitrogens with two attached hydrogens (primary N) is 2. The van der Waals surface area contributed by atoms with Crippen molar-refractivity contribution in [2.45, 2.75) is 13.8 Å². The number of hydrazine groups is 1. The summed E-state index contributed by atoms with van der Waals surface area (Å²) in [6.45, 7) is 4.00. The number of nitro groups is 1. The summed E-state index contributed by atoms with van der Waals surface area (Å²) < 4.78 is 0. The molecule has 1 rings (SSSR count). The third-order valence-corrected chi connectivity index (χ3v) is 0.967. The average Bonchev–Trinajstić information content (AvgIpc) is 2.25. The van der Waals surface area contributed by atoms with Crippen LogP contribution in [-0.4, -0.2) is 4.92 Å². The van der Waals surface area contributed by atoms with Crippen molar-refractivity contribution >= 4 is 5.69 Å². The summed E-state index contributed by atoms with van der Waals surface area (Å²) in [6, 6.07) is 7.93. The molecule has 1 aromatic carbocycles. The summed E-state index contributed by atoms with van der Waals surface area (Å²) in [4.78, 5) is 9.59. The number of nitro benzene ring substituents is 1. The minimum Gasteiger partial charge on any atom is -0.274 e. The van der Waals surface area contributed by atoms with Crippen LogP contribution in [0.3, 0.4) is 0 Å². The van der Waals surface area contributed by atoms with Gasteiger partial charge in [-0.2, -0.15) is 0 Å². The second kappa shape index (κ2) is 10.5. The molecule has 0 saturated heterocycles. The Morgan fingerprint density at radius 1 is 1.15 bits per heavy atom. The molecule has 74 valence electrons. The molecule has 0 fully saturated rings. The number of benzene rings is 1. The van der Waals surface area contributed by atoms with Crippen molar-refractivity contribution in [2.24, 2.45) is 11.7 Å². The number of rotatable bonds is 1. The fourth-order valence-electron chi connectivity index (χ4n) is 0.550. The van der Waals surface area contributed by atoms with Gasteiger partial charge < -0.3 is 0 Å². The van der Waals surface area contributed by atoms with Crippen LogP contribution in [0.5, 0.6) is 0 Å². The van der Waals surface area contributed by atoms with Gasteiger partial charge in [-0.25, -0.2) is 0 Å². The first-order valence-corrected chi connectivity index (χ1v) is 3.83. The Hall–Kier alpha value is -1.46. The van der Waals surface area contributed by atoms with E-state index in [4.69, 9.17) is 0 Å². The first kappa shape index (κ1) is 14.1. The van der Waals surface area contributed by atoms with E-state index in [-0.39, 0.29) is 5.69 Å². The minimum absolute atomic E-state index is 0.137. The molecule has 0 saturated carbocycles. The molecule has 4 N–H and O–H groups in total. The molecule has 5 heteroatoms. The molecular formula is C8H15N3O2. The van der Waals surface area contributed by atoms with Crippen molar-refractivity contribution in [3.8, 4) is 0 Å². The van der Waals surface area contributed by atoms with E-state index in [1.165, 1.54) is 12.1 Å². The Bertz CT molecular complexity index is 214. The predicted octanol–water partition coefficient (Wildman–Crippen LogP) is 1.44. The molecule has 0 aliphatic heterocycles. The summed E-state index contributed by atoms with van der Waals surface area (Å²) >= 11 is 0. The topological polar surface area (TPSA) is 95.2 Å². The molecular weight excluding hydrogens is 170 g/mol. The molecule has 0 radical (unpaired) electrons. The third-order valence-electron chi connectivity index (χ3n) is 0.967. The lowest BCUT2D eigenvalue weighted by Gasteiger charge is -1.85. The summed E-state index contributed by atoms with van der Waals surface area (Å²) in [7, 11) is 0. The van der Waals surface area contributed by atoms with Crippen LogP contribution in [0.2, 0.25) is 0 Å². The molecule has 0 unspecified atom stereocenters. The van der Waals surface area contributed by atoms with Crippen LogP contribution in [-0.2, 0) is 0 Å². The Morgan fingerprint density at radius 2 is 1.54 bits per heavy atom. The Balaban J connectivity index is 0. The van der Waals surface area contributed by atoms with Gasteiger partial charge in [0.05, 0.1) is 4.92 Å². The summed E-state index contributed by atoms with van der Waals surface area (Å²) in [5.41, 5.74) is 0.137. The van der Waals surface area contributed by atoms with Gasteiger partial charge in [-0.15, -0.1) is 0 Å². The molecule has 0 amide bonds. The Morgan fingerprint density at radius 3 is 1.77 bits per heavy atom. The number of hydrogen-bond donors (Lipinski definition) is 2. The van der Waals surface area contributed by atoms with Crippen molar-refractivity contribution < 1.29 is 4.92 Å². The molecule has 0 heterocycles. The lowest BCUT2D eigenvalue weighted by molar-refractivity contribution is -0.384. The Labute approximate surface area is 77.5 Å². The van der Waals surface area contributed by atoms with Crippen molar-refractivity contribution in [3.63, 3.8) is 0 Å². The monoisotopic (exact) mass is 185 g/mol. The lowest BCUT2D eigenvalue weighted by atomic mass is 10.3. The predicted molar refractivity (Wildman–Crippen MR) is 52.8 cm³/mol. The minimum atomic E-state index is -0.417. The maximum atomic E-state index is 10.0. The Kier molecular flexibility index (Phi) is 11.4. The highest BCUT2D eigenvalue weighted by Crippen LogP contribution is 2.06. The van der Waals surface area contributed by atoms with E-state index in [0.717, 1.165) is 0 Å². The second-order valence-electron chi connectivity index (χ2n) is 1.59. The summed E-state index contributed by atoms with van der Waals surface area (Å²) in [5, 5.41) is 10.0. The van der Waals surface area contributed by atoms with E-state index in [0.29, 0.717) is 0 Å². The highest BCUT2D eigenvalue weighted by molar-refractivity contribution is 5.27. The van der Waals surface area contributed by atoms with Gasteiger partial charge in [-0.3, -0.25) is 21.8 Å². The van der Waals surface area contributed by atoms with Crippen LogP contribution in [0.15, 0.2) is 30.3 Å². The van der Waals surface area contributed by atoms with Crippen LogP contribution in [0.1, 0.15) is 13.8 Å². The molecule has 0 aromatic heterocycles. The molecule has 0 atom stereocenters. The first-order chi connectivity index (χ1) is 6.30. The van der Waals surface area contributed by atoms with Crippen molar-refractivity contribution in [1.29, 1.82) is 0 Å². The van der Waals surface area contributed by atoms with Crippen LogP contribution in [0.25, 0.3) is 0 Å². The van der Waals surface area contributed by atoms with Crippen molar-refractivity contribution in [3.05, 3.63) is 40.4 Å². The van der Waals surface area contributed by atoms with Gasteiger partial charge in [0, 0.05) is 12.1 Å². The number of non-ortho nitro benzene ring substituents is 1. The van der Waals surface area contributed by atoms with Crippen LogP contribution in [0.4, 0.5) is 5.69 Å². The van der Waals surface area contributed by atoms with E-state index < -0.39 is 4.92 Å². The van der Waals surface area contributed by atoms with E-state index in [1.807, 2.05) is 13.8 Å². The van der Waals surface area contributed by atoms with Gasteiger partial charge in [0.25, 0.3) is 5.69 Å². The fourth-order valence-corrected chi connectivity index (χ4v) is 0.550. The summed E-state index contributed by atoms with van der Waals surface area (Å²) in [6.07, 6.45) is 0. The largest absolute Gasteiger partial charge is 0.274 e. The van der Waals surface area contributed by atoms with Crippen LogP contribution < -0.4 is 11.7 Å². The second-order valence-corrected chi connectivity index (χ2v) is 1.59. The zero-order valence-corrected chi connectivity index (χ0v) is 7.81. The SMILES string of the molecule is CC.NN.O=[N+]([O-])c1ccccc1. The molecule has 5 nitrogen and oxygen atoms in total. The smallest absolute Gasteiger partial charge is 0.269 e. The number of hydrogen-bond acceptors (Lipinski definition) is 4. The zero-order valence-electron chi connectivity index (χ0n) is 7.81. The molecule has 1 aromatic rings. The van der Waals surface area contributed by atoms with E-state index in [9.17, 15) is 10.1 Å². The standard InChI is InChI=1S/C6H5NO2.C2H6.H4N2/c8-7(9)6-4-2-1-3-5-6;2*1-2/h1-5H;1-2H3;1-2H2. The van der Waals surface area contributed by atoms with Crippen molar-refractivity contribution in [2.75, 3.05) is 0 Å². The number of nitrogens with zero attached hydrogens (tertiary/aromatic N) is 1. The van der Waals surface area contributed by atoms with Crippen molar-refractivity contribution in [1.82, 2.24) is 0 Å². The quantitative estimate of drug-likeness (QED) is 0.393. The van der Waals surface area contributed by atoms with Gasteiger partial charge in [0.2, 0.25) is 0 Å². The van der Waals surface area contributed by atoms with E-state index >= 15 is 0 Å². The van der Waals surface area contributed by atoms with Crippen LogP contribution in [0, 0.1) is 10.1 Å². The molecule has 0 spiro atoms. The lowest BCUT2D eigenvalue weighted by Crippen LogP contribution is -2.02. The van der Waals surface area contributed by atoms with Gasteiger partial charge in [-0.05, 0) is 0 Å². The maximum absolute atomic E-state index is 10.0.